The van der Waals surface area contributed by atoms with E-state index in [2.05, 4.69) is 11.8 Å². The molecule has 1 rings (SSSR count). The third-order valence-corrected chi connectivity index (χ3v) is 2.91. The number of aliphatic hydroxyl groups is 1. The van der Waals surface area contributed by atoms with Crippen molar-refractivity contribution in [1.82, 2.24) is 4.90 Å². The van der Waals surface area contributed by atoms with Crippen molar-refractivity contribution in [3.8, 4) is 0 Å². The van der Waals surface area contributed by atoms with E-state index in [1.807, 2.05) is 0 Å². The van der Waals surface area contributed by atoms with Gasteiger partial charge in [-0.05, 0) is 38.9 Å². The molecule has 12 heavy (non-hydrogen) atoms. The smallest absolute Gasteiger partial charge is 0.0448 e. The summed E-state index contributed by atoms with van der Waals surface area (Å²) in [5, 5.41) is 8.81. The molecule has 0 spiro atoms. The van der Waals surface area contributed by atoms with Crippen molar-refractivity contribution >= 4 is 0 Å². The van der Waals surface area contributed by atoms with Gasteiger partial charge in [-0.1, -0.05) is 6.92 Å². The van der Waals surface area contributed by atoms with Crippen molar-refractivity contribution in [2.45, 2.75) is 31.7 Å². The first kappa shape index (κ1) is 9.96. The predicted octanol–water partition coefficient (Wildman–Crippen LogP) is 0.182. The molecular formula is C9H20N2O. The Morgan fingerprint density at radius 1 is 1.42 bits per heavy atom. The molecule has 0 aromatic heterocycles. The van der Waals surface area contributed by atoms with Crippen LogP contribution in [0.4, 0.5) is 0 Å². The summed E-state index contributed by atoms with van der Waals surface area (Å²) in [4.78, 5) is 2.41. The number of aliphatic hydroxyl groups excluding tert-OH is 1. The van der Waals surface area contributed by atoms with Gasteiger partial charge in [-0.3, -0.25) is 0 Å². The highest BCUT2D eigenvalue weighted by Gasteiger charge is 2.29. The SMILES string of the molecule is CCN1CCC(N)(CCO)CC1. The Morgan fingerprint density at radius 3 is 2.42 bits per heavy atom. The van der Waals surface area contributed by atoms with Crippen LogP contribution in [0.15, 0.2) is 0 Å². The summed E-state index contributed by atoms with van der Waals surface area (Å²) in [5.41, 5.74) is 6.02. The Bertz CT molecular complexity index is 130. The molecule has 1 aliphatic heterocycles. The minimum Gasteiger partial charge on any atom is -0.396 e. The van der Waals surface area contributed by atoms with E-state index in [4.69, 9.17) is 10.8 Å². The fourth-order valence-electron chi connectivity index (χ4n) is 1.79. The maximum Gasteiger partial charge on any atom is 0.0448 e. The van der Waals surface area contributed by atoms with Gasteiger partial charge < -0.3 is 15.7 Å². The van der Waals surface area contributed by atoms with Crippen LogP contribution in [0.1, 0.15) is 26.2 Å². The quantitative estimate of drug-likeness (QED) is 0.638. The Balaban J connectivity index is 2.33. The molecule has 0 atom stereocenters. The molecule has 0 bridgehead atoms. The van der Waals surface area contributed by atoms with Crippen LogP contribution < -0.4 is 5.73 Å². The Morgan fingerprint density at radius 2 is 2.00 bits per heavy atom. The summed E-state index contributed by atoms with van der Waals surface area (Å²) >= 11 is 0. The maximum atomic E-state index is 8.81. The van der Waals surface area contributed by atoms with Gasteiger partial charge >= 0.3 is 0 Å². The van der Waals surface area contributed by atoms with Gasteiger partial charge in [0.2, 0.25) is 0 Å². The fourth-order valence-corrected chi connectivity index (χ4v) is 1.79. The molecule has 1 heterocycles. The first-order valence-electron chi connectivity index (χ1n) is 4.82. The summed E-state index contributed by atoms with van der Waals surface area (Å²) < 4.78 is 0. The lowest BCUT2D eigenvalue weighted by Gasteiger charge is -2.38. The van der Waals surface area contributed by atoms with Gasteiger partial charge in [-0.15, -0.1) is 0 Å². The Hall–Kier alpha value is -0.120. The largest absolute Gasteiger partial charge is 0.396 e. The molecule has 0 saturated carbocycles. The van der Waals surface area contributed by atoms with E-state index in [0.717, 1.165) is 38.9 Å². The second kappa shape index (κ2) is 4.21. The van der Waals surface area contributed by atoms with Crippen LogP contribution in [0.5, 0.6) is 0 Å². The monoisotopic (exact) mass is 172 g/mol. The van der Waals surface area contributed by atoms with Crippen molar-refractivity contribution in [3.63, 3.8) is 0 Å². The van der Waals surface area contributed by atoms with Gasteiger partial charge in [0.05, 0.1) is 0 Å². The highest BCUT2D eigenvalue weighted by atomic mass is 16.3. The van der Waals surface area contributed by atoms with E-state index >= 15 is 0 Å². The predicted molar refractivity (Wildman–Crippen MR) is 50.0 cm³/mol. The number of hydrogen-bond acceptors (Lipinski definition) is 3. The molecule has 1 fully saturated rings. The van der Waals surface area contributed by atoms with Crippen LogP contribution in [0.3, 0.4) is 0 Å². The third-order valence-electron chi connectivity index (χ3n) is 2.91. The van der Waals surface area contributed by atoms with E-state index < -0.39 is 0 Å². The lowest BCUT2D eigenvalue weighted by Crippen LogP contribution is -2.50. The second-order valence-corrected chi connectivity index (χ2v) is 3.77. The first-order chi connectivity index (χ1) is 5.70. The second-order valence-electron chi connectivity index (χ2n) is 3.77. The van der Waals surface area contributed by atoms with Gasteiger partial charge in [-0.25, -0.2) is 0 Å². The Kier molecular flexibility index (Phi) is 3.50. The minimum absolute atomic E-state index is 0.0829. The molecule has 0 aliphatic carbocycles. The molecule has 0 aromatic carbocycles. The number of rotatable bonds is 3. The highest BCUT2D eigenvalue weighted by molar-refractivity contribution is 4.89. The number of hydrogen-bond donors (Lipinski definition) is 2. The van der Waals surface area contributed by atoms with Crippen molar-refractivity contribution in [3.05, 3.63) is 0 Å². The summed E-state index contributed by atoms with van der Waals surface area (Å²) in [6.45, 7) is 5.70. The van der Waals surface area contributed by atoms with Crippen LogP contribution in [-0.2, 0) is 0 Å². The zero-order valence-electron chi connectivity index (χ0n) is 7.92. The van der Waals surface area contributed by atoms with Gasteiger partial charge in [-0.2, -0.15) is 0 Å². The molecule has 0 unspecified atom stereocenters. The van der Waals surface area contributed by atoms with E-state index in [1.165, 1.54) is 0 Å². The number of piperidine rings is 1. The first-order valence-corrected chi connectivity index (χ1v) is 4.82. The van der Waals surface area contributed by atoms with E-state index in [0.29, 0.717) is 0 Å². The van der Waals surface area contributed by atoms with Crippen molar-refractivity contribution in [2.75, 3.05) is 26.2 Å². The molecule has 0 aromatic rings. The zero-order chi connectivity index (χ0) is 9.03. The van der Waals surface area contributed by atoms with Crippen LogP contribution >= 0.6 is 0 Å². The van der Waals surface area contributed by atoms with Gasteiger partial charge in [0, 0.05) is 12.1 Å². The standard InChI is InChI=1S/C9H20N2O/c1-2-11-6-3-9(10,4-7-11)5-8-12/h12H,2-8,10H2,1H3. The van der Waals surface area contributed by atoms with Gasteiger partial charge in [0.1, 0.15) is 0 Å². The Labute approximate surface area is 74.5 Å². The minimum atomic E-state index is -0.0829. The fraction of sp³-hybridized carbons (Fsp3) is 1.00. The molecule has 3 N–H and O–H groups in total. The van der Waals surface area contributed by atoms with Crippen LogP contribution in [-0.4, -0.2) is 41.8 Å². The van der Waals surface area contributed by atoms with Gasteiger partial charge in [0.25, 0.3) is 0 Å². The van der Waals surface area contributed by atoms with Crippen molar-refractivity contribution < 1.29 is 5.11 Å². The molecule has 1 aliphatic rings. The van der Waals surface area contributed by atoms with E-state index in [9.17, 15) is 0 Å². The van der Waals surface area contributed by atoms with E-state index in [1.54, 1.807) is 0 Å². The average molecular weight is 172 g/mol. The molecular weight excluding hydrogens is 152 g/mol. The lowest BCUT2D eigenvalue weighted by atomic mass is 9.86. The summed E-state index contributed by atoms with van der Waals surface area (Å²) in [7, 11) is 0. The molecule has 0 amide bonds. The van der Waals surface area contributed by atoms with Crippen LogP contribution in [0.2, 0.25) is 0 Å². The van der Waals surface area contributed by atoms with Crippen LogP contribution in [0.25, 0.3) is 0 Å². The van der Waals surface area contributed by atoms with Crippen molar-refractivity contribution in [2.24, 2.45) is 5.73 Å². The number of likely N-dealkylation sites (tertiary alicyclic amines) is 1. The normalized spacial score (nSPS) is 24.2. The number of nitrogens with two attached hydrogens (primary N) is 1. The average Bonchev–Trinajstić information content (AvgIpc) is 2.06. The third kappa shape index (κ3) is 2.44. The molecule has 1 saturated heterocycles. The maximum absolute atomic E-state index is 8.81. The lowest BCUT2D eigenvalue weighted by molar-refractivity contribution is 0.139. The summed E-state index contributed by atoms with van der Waals surface area (Å²) in [6.07, 6.45) is 2.81. The highest BCUT2D eigenvalue weighted by Crippen LogP contribution is 2.22. The van der Waals surface area contributed by atoms with Crippen molar-refractivity contribution in [1.29, 1.82) is 0 Å². The van der Waals surface area contributed by atoms with Gasteiger partial charge in [0.15, 0.2) is 0 Å². The topological polar surface area (TPSA) is 49.5 Å². The molecule has 0 radical (unpaired) electrons. The molecule has 3 nitrogen and oxygen atoms in total. The summed E-state index contributed by atoms with van der Waals surface area (Å²) in [5.74, 6) is 0. The van der Waals surface area contributed by atoms with Crippen LogP contribution in [0, 0.1) is 0 Å². The summed E-state index contributed by atoms with van der Waals surface area (Å²) in [6, 6.07) is 0. The zero-order valence-corrected chi connectivity index (χ0v) is 7.92. The number of nitrogens with zero attached hydrogens (tertiary/aromatic N) is 1. The molecule has 3 heteroatoms. The van der Waals surface area contributed by atoms with E-state index in [-0.39, 0.29) is 12.1 Å². The molecule has 72 valence electrons.